The Morgan fingerprint density at radius 3 is 2.44 bits per heavy atom. The number of amides is 1. The zero-order valence-corrected chi connectivity index (χ0v) is 14.4. The van der Waals surface area contributed by atoms with Gasteiger partial charge in [0.1, 0.15) is 6.54 Å². The molecule has 2 fully saturated rings. The predicted octanol–water partition coefficient (Wildman–Crippen LogP) is 1.86. The van der Waals surface area contributed by atoms with Crippen LogP contribution in [0.5, 0.6) is 0 Å². The van der Waals surface area contributed by atoms with Crippen molar-refractivity contribution in [2.45, 2.75) is 56.9 Å². The Labute approximate surface area is 143 Å². The van der Waals surface area contributed by atoms with E-state index in [-0.39, 0.29) is 30.0 Å². The average molecular weight is 379 g/mol. The molecule has 2 aliphatic rings. The first-order chi connectivity index (χ1) is 11.7. The lowest BCUT2D eigenvalue weighted by Crippen LogP contribution is -2.48. The Morgan fingerprint density at radius 2 is 1.92 bits per heavy atom. The molecular formula is C15H20F3N3O3S. The van der Waals surface area contributed by atoms with Crippen LogP contribution in [0, 0.1) is 0 Å². The van der Waals surface area contributed by atoms with Crippen molar-refractivity contribution in [2.24, 2.45) is 0 Å². The van der Waals surface area contributed by atoms with Gasteiger partial charge in [0, 0.05) is 18.3 Å². The number of carbonyl (C=O) groups is 1. The summed E-state index contributed by atoms with van der Waals surface area (Å²) in [5.41, 5.74) is -1.05. The number of aromatic nitrogens is 2. The quantitative estimate of drug-likeness (QED) is 0.801. The highest BCUT2D eigenvalue weighted by atomic mass is 32.2. The lowest BCUT2D eigenvalue weighted by Gasteiger charge is -2.34. The van der Waals surface area contributed by atoms with Gasteiger partial charge < -0.3 is 4.90 Å². The second kappa shape index (κ2) is 6.62. The van der Waals surface area contributed by atoms with Crippen LogP contribution in [0.1, 0.15) is 37.8 Å². The van der Waals surface area contributed by atoms with Crippen molar-refractivity contribution < 1.29 is 26.4 Å². The minimum atomic E-state index is -4.56. The average Bonchev–Trinajstić information content (AvgIpc) is 3.20. The van der Waals surface area contributed by atoms with E-state index in [4.69, 9.17) is 0 Å². The molecule has 1 aliphatic heterocycles. The summed E-state index contributed by atoms with van der Waals surface area (Å²) in [4.78, 5) is 14.3. The molecular weight excluding hydrogens is 359 g/mol. The van der Waals surface area contributed by atoms with Gasteiger partial charge in [0.05, 0.1) is 11.5 Å². The van der Waals surface area contributed by atoms with Gasteiger partial charge in [-0.1, -0.05) is 12.8 Å². The number of nitrogens with zero attached hydrogens (tertiary/aromatic N) is 3. The van der Waals surface area contributed by atoms with Gasteiger partial charge in [-0.25, -0.2) is 8.42 Å². The Morgan fingerprint density at radius 1 is 1.24 bits per heavy atom. The van der Waals surface area contributed by atoms with Crippen LogP contribution in [0.3, 0.4) is 0 Å². The van der Waals surface area contributed by atoms with Crippen molar-refractivity contribution >= 4 is 15.7 Å². The first kappa shape index (κ1) is 18.2. The highest BCUT2D eigenvalue weighted by molar-refractivity contribution is 7.91. The second-order valence-corrected chi connectivity index (χ2v) is 8.92. The SMILES string of the molecule is O=C(Cn1ccc(C(F)(F)F)n1)N(C1CCCC1)C1CCS(=O)(=O)C1. The number of sulfone groups is 1. The van der Waals surface area contributed by atoms with Gasteiger partial charge in [0.15, 0.2) is 15.5 Å². The monoisotopic (exact) mass is 379 g/mol. The van der Waals surface area contributed by atoms with Crippen LogP contribution in [0.25, 0.3) is 0 Å². The first-order valence-electron chi connectivity index (χ1n) is 8.28. The second-order valence-electron chi connectivity index (χ2n) is 6.69. The number of carbonyl (C=O) groups excluding carboxylic acids is 1. The van der Waals surface area contributed by atoms with E-state index in [1.807, 2.05) is 0 Å². The van der Waals surface area contributed by atoms with Crippen LogP contribution in [0.2, 0.25) is 0 Å². The maximum atomic E-state index is 12.7. The molecule has 25 heavy (non-hydrogen) atoms. The molecule has 1 saturated carbocycles. The minimum absolute atomic E-state index is 0.0385. The molecule has 0 aromatic carbocycles. The summed E-state index contributed by atoms with van der Waals surface area (Å²) in [5.74, 6) is -0.387. The molecule has 1 unspecified atom stereocenters. The molecule has 1 aromatic heterocycles. The Bertz CT molecular complexity index is 739. The van der Waals surface area contributed by atoms with Crippen LogP contribution in [-0.2, 0) is 27.4 Å². The van der Waals surface area contributed by atoms with E-state index in [9.17, 15) is 26.4 Å². The van der Waals surface area contributed by atoms with E-state index in [1.54, 1.807) is 4.90 Å². The highest BCUT2D eigenvalue weighted by Gasteiger charge is 2.39. The minimum Gasteiger partial charge on any atom is -0.334 e. The summed E-state index contributed by atoms with van der Waals surface area (Å²) < 4.78 is 62.4. The predicted molar refractivity (Wildman–Crippen MR) is 83.4 cm³/mol. The van der Waals surface area contributed by atoms with Crippen molar-refractivity contribution in [1.82, 2.24) is 14.7 Å². The molecule has 140 valence electrons. The van der Waals surface area contributed by atoms with E-state index >= 15 is 0 Å². The molecule has 0 radical (unpaired) electrons. The molecule has 1 saturated heterocycles. The number of halogens is 3. The van der Waals surface area contributed by atoms with Crippen molar-refractivity contribution in [2.75, 3.05) is 11.5 Å². The molecule has 1 atom stereocenters. The summed E-state index contributed by atoms with van der Waals surface area (Å²) in [7, 11) is -3.16. The lowest BCUT2D eigenvalue weighted by atomic mass is 10.1. The van der Waals surface area contributed by atoms with Gasteiger partial charge in [-0.05, 0) is 25.3 Å². The third-order valence-electron chi connectivity index (χ3n) is 4.84. The maximum absolute atomic E-state index is 12.7. The van der Waals surface area contributed by atoms with Crippen molar-refractivity contribution in [3.8, 4) is 0 Å². The Hall–Kier alpha value is -1.58. The summed E-state index contributed by atoms with van der Waals surface area (Å²) in [6, 6.07) is 0.398. The largest absolute Gasteiger partial charge is 0.435 e. The number of hydrogen-bond donors (Lipinski definition) is 0. The van der Waals surface area contributed by atoms with Crippen LogP contribution < -0.4 is 0 Å². The summed E-state index contributed by atoms with van der Waals surface area (Å²) in [5, 5.41) is 3.41. The van der Waals surface area contributed by atoms with Gasteiger partial charge >= 0.3 is 6.18 Å². The molecule has 1 aromatic rings. The molecule has 0 bridgehead atoms. The van der Waals surface area contributed by atoms with E-state index < -0.39 is 27.7 Å². The molecule has 0 N–H and O–H groups in total. The first-order valence-corrected chi connectivity index (χ1v) is 10.1. The summed E-state index contributed by atoms with van der Waals surface area (Å²) in [6.07, 6.45) is 0.488. The van der Waals surface area contributed by atoms with E-state index in [1.165, 1.54) is 0 Å². The molecule has 0 spiro atoms. The molecule has 1 aliphatic carbocycles. The molecule has 3 rings (SSSR count). The number of hydrogen-bond acceptors (Lipinski definition) is 4. The van der Waals surface area contributed by atoms with Crippen molar-refractivity contribution in [1.29, 1.82) is 0 Å². The standard InChI is InChI=1S/C15H20F3N3O3S/c16-15(17,18)13-5-7-20(19-13)9-14(22)21(11-3-1-2-4-11)12-6-8-25(23,24)10-12/h5,7,11-12H,1-4,6,8-10H2. The van der Waals surface area contributed by atoms with Crippen LogP contribution in [-0.4, -0.2) is 52.6 Å². The summed E-state index contributed by atoms with van der Waals surface area (Å²) in [6.45, 7) is -0.316. The smallest absolute Gasteiger partial charge is 0.334 e. The normalized spacial score (nSPS) is 23.9. The number of alkyl halides is 3. The zero-order valence-electron chi connectivity index (χ0n) is 13.6. The van der Waals surface area contributed by atoms with Gasteiger partial charge in [0.25, 0.3) is 0 Å². The van der Waals surface area contributed by atoms with Crippen molar-refractivity contribution in [3.05, 3.63) is 18.0 Å². The topological polar surface area (TPSA) is 72.3 Å². The fourth-order valence-electron chi connectivity index (χ4n) is 3.70. The fraction of sp³-hybridized carbons (Fsp3) is 0.733. The molecule has 2 heterocycles. The van der Waals surface area contributed by atoms with E-state index in [0.29, 0.717) is 6.42 Å². The van der Waals surface area contributed by atoms with Crippen LogP contribution in [0.15, 0.2) is 12.3 Å². The Balaban J connectivity index is 1.76. The van der Waals surface area contributed by atoms with Crippen LogP contribution >= 0.6 is 0 Å². The zero-order chi connectivity index (χ0) is 18.2. The number of rotatable bonds is 4. The molecule has 1 amide bonds. The van der Waals surface area contributed by atoms with Gasteiger partial charge in [-0.2, -0.15) is 18.3 Å². The molecule has 6 nitrogen and oxygen atoms in total. The fourth-order valence-corrected chi connectivity index (χ4v) is 5.42. The lowest BCUT2D eigenvalue weighted by molar-refractivity contribution is -0.142. The Kier molecular flexibility index (Phi) is 4.82. The molecule has 10 heteroatoms. The van der Waals surface area contributed by atoms with Gasteiger partial charge in [0.2, 0.25) is 5.91 Å². The summed E-state index contributed by atoms with van der Waals surface area (Å²) >= 11 is 0. The van der Waals surface area contributed by atoms with E-state index in [2.05, 4.69) is 5.10 Å². The third kappa shape index (κ3) is 4.16. The van der Waals surface area contributed by atoms with Crippen LogP contribution in [0.4, 0.5) is 13.2 Å². The maximum Gasteiger partial charge on any atom is 0.435 e. The van der Waals surface area contributed by atoms with E-state index in [0.717, 1.165) is 42.6 Å². The van der Waals surface area contributed by atoms with Gasteiger partial charge in [-0.3, -0.25) is 9.48 Å². The third-order valence-corrected chi connectivity index (χ3v) is 6.59. The highest BCUT2D eigenvalue weighted by Crippen LogP contribution is 2.30. The van der Waals surface area contributed by atoms with Crippen molar-refractivity contribution in [3.63, 3.8) is 0 Å². The van der Waals surface area contributed by atoms with Gasteiger partial charge in [-0.15, -0.1) is 0 Å².